The summed E-state index contributed by atoms with van der Waals surface area (Å²) in [5.74, 6) is -0.931. The summed E-state index contributed by atoms with van der Waals surface area (Å²) in [4.78, 5) is 25.3. The molecule has 2 aromatic rings. The summed E-state index contributed by atoms with van der Waals surface area (Å²) in [6.07, 6.45) is 0. The molecule has 0 aliphatic heterocycles. The van der Waals surface area contributed by atoms with E-state index in [1.165, 1.54) is 17.4 Å². The zero-order valence-electron chi connectivity index (χ0n) is 14.6. The van der Waals surface area contributed by atoms with Gasteiger partial charge in [-0.15, -0.1) is 11.3 Å². The molecule has 1 atom stereocenters. The van der Waals surface area contributed by atoms with Crippen LogP contribution in [-0.4, -0.2) is 26.3 Å². The number of hydrogen-bond acceptors (Lipinski definition) is 5. The summed E-state index contributed by atoms with van der Waals surface area (Å²) in [5.41, 5.74) is 0.776. The van der Waals surface area contributed by atoms with Crippen LogP contribution in [0.1, 0.15) is 29.1 Å². The van der Waals surface area contributed by atoms with E-state index in [1.807, 2.05) is 13.8 Å². The highest BCUT2D eigenvalue weighted by Gasteiger charge is 2.25. The first-order valence-corrected chi connectivity index (χ1v) is 10.3. The number of amides is 2. The van der Waals surface area contributed by atoms with E-state index in [4.69, 9.17) is 5.14 Å². The smallest absolute Gasteiger partial charge is 0.262 e. The minimum absolute atomic E-state index is 0.0565. The minimum Gasteiger partial charge on any atom is -0.339 e. The molecular weight excluding hydrogens is 374 g/mol. The third-order valence-corrected chi connectivity index (χ3v) is 5.66. The van der Waals surface area contributed by atoms with Gasteiger partial charge in [0.1, 0.15) is 6.04 Å². The number of sulfonamides is 1. The first-order chi connectivity index (χ1) is 12.1. The molecule has 1 aromatic heterocycles. The topological polar surface area (TPSA) is 118 Å². The molecule has 0 radical (unpaired) electrons. The predicted molar refractivity (Wildman–Crippen MR) is 102 cm³/mol. The standard InChI is InChI=1S/C17H21N3O4S2/c1-10(2)15(20-16(21)13-5-4-8-25-13)17(22)19-12-7-6-11(3)14(9-12)26(18,23)24/h4-10,15H,1-3H3,(H,19,22)(H,20,21)(H2,18,23,24). The maximum absolute atomic E-state index is 12.6. The Hall–Kier alpha value is -2.23. The lowest BCUT2D eigenvalue weighted by Crippen LogP contribution is -2.47. The zero-order valence-corrected chi connectivity index (χ0v) is 16.3. The highest BCUT2D eigenvalue weighted by atomic mass is 32.2. The molecule has 0 aliphatic rings. The van der Waals surface area contributed by atoms with Gasteiger partial charge in [0.15, 0.2) is 0 Å². The number of nitrogens with one attached hydrogen (secondary N) is 2. The number of carbonyl (C=O) groups excluding carboxylic acids is 2. The van der Waals surface area contributed by atoms with Crippen molar-refractivity contribution >= 4 is 38.9 Å². The van der Waals surface area contributed by atoms with Crippen LogP contribution in [0.25, 0.3) is 0 Å². The largest absolute Gasteiger partial charge is 0.339 e. The van der Waals surface area contributed by atoms with Crippen LogP contribution in [0, 0.1) is 12.8 Å². The highest BCUT2D eigenvalue weighted by Crippen LogP contribution is 2.20. The maximum atomic E-state index is 12.6. The quantitative estimate of drug-likeness (QED) is 0.694. The lowest BCUT2D eigenvalue weighted by molar-refractivity contribution is -0.118. The Morgan fingerprint density at radius 2 is 1.88 bits per heavy atom. The highest BCUT2D eigenvalue weighted by molar-refractivity contribution is 7.89. The van der Waals surface area contributed by atoms with Gasteiger partial charge in [0.2, 0.25) is 15.9 Å². The first kappa shape index (κ1) is 20.1. The lowest BCUT2D eigenvalue weighted by Gasteiger charge is -2.21. The summed E-state index contributed by atoms with van der Waals surface area (Å²) < 4.78 is 23.2. The molecule has 0 saturated heterocycles. The Labute approximate surface area is 156 Å². The average molecular weight is 396 g/mol. The van der Waals surface area contributed by atoms with Gasteiger partial charge in [0.25, 0.3) is 5.91 Å². The van der Waals surface area contributed by atoms with Crippen LogP contribution < -0.4 is 15.8 Å². The van der Waals surface area contributed by atoms with Crippen LogP contribution in [0.5, 0.6) is 0 Å². The van der Waals surface area contributed by atoms with E-state index in [-0.39, 0.29) is 16.7 Å². The third-order valence-electron chi connectivity index (χ3n) is 3.74. The molecule has 0 saturated carbocycles. The van der Waals surface area contributed by atoms with Crippen molar-refractivity contribution in [2.24, 2.45) is 11.1 Å². The second-order valence-electron chi connectivity index (χ2n) is 6.19. The van der Waals surface area contributed by atoms with Gasteiger partial charge in [0.05, 0.1) is 9.77 Å². The summed E-state index contributed by atoms with van der Waals surface area (Å²) in [5, 5.41) is 12.3. The summed E-state index contributed by atoms with van der Waals surface area (Å²) in [6.45, 7) is 5.23. The Bertz CT molecular complexity index is 906. The average Bonchev–Trinajstić information content (AvgIpc) is 3.07. The second-order valence-corrected chi connectivity index (χ2v) is 8.66. The first-order valence-electron chi connectivity index (χ1n) is 7.88. The van der Waals surface area contributed by atoms with Gasteiger partial charge < -0.3 is 10.6 Å². The van der Waals surface area contributed by atoms with Crippen LogP contribution in [0.2, 0.25) is 0 Å². The number of thiophene rings is 1. The summed E-state index contributed by atoms with van der Waals surface area (Å²) in [7, 11) is -3.90. The predicted octanol–water partition coefficient (Wildman–Crippen LogP) is 2.10. The van der Waals surface area contributed by atoms with E-state index in [2.05, 4.69) is 10.6 Å². The fourth-order valence-electron chi connectivity index (χ4n) is 2.36. The van der Waals surface area contributed by atoms with E-state index < -0.39 is 22.0 Å². The molecule has 7 nitrogen and oxygen atoms in total. The second kappa shape index (κ2) is 7.98. The van der Waals surface area contributed by atoms with Gasteiger partial charge in [-0.25, -0.2) is 13.6 Å². The fraction of sp³-hybridized carbons (Fsp3) is 0.294. The van der Waals surface area contributed by atoms with Crippen LogP contribution in [0.3, 0.4) is 0 Å². The maximum Gasteiger partial charge on any atom is 0.262 e. The lowest BCUT2D eigenvalue weighted by atomic mass is 10.0. The molecule has 0 fully saturated rings. The molecule has 9 heteroatoms. The van der Waals surface area contributed by atoms with Crippen molar-refractivity contribution in [3.05, 3.63) is 46.2 Å². The summed E-state index contributed by atoms with van der Waals surface area (Å²) in [6, 6.07) is 7.10. The van der Waals surface area contributed by atoms with Crippen molar-refractivity contribution in [2.75, 3.05) is 5.32 Å². The van der Waals surface area contributed by atoms with E-state index in [9.17, 15) is 18.0 Å². The number of carbonyl (C=O) groups is 2. The van der Waals surface area contributed by atoms with Gasteiger partial charge >= 0.3 is 0 Å². The number of benzene rings is 1. The SMILES string of the molecule is Cc1ccc(NC(=O)C(NC(=O)c2cccs2)C(C)C)cc1S(N)(=O)=O. The molecule has 1 aromatic carbocycles. The van der Waals surface area contributed by atoms with E-state index in [0.29, 0.717) is 16.1 Å². The zero-order chi connectivity index (χ0) is 19.5. The van der Waals surface area contributed by atoms with Crippen molar-refractivity contribution in [3.8, 4) is 0 Å². The molecule has 140 valence electrons. The monoisotopic (exact) mass is 395 g/mol. The molecule has 0 aliphatic carbocycles. The molecule has 1 heterocycles. The number of anilines is 1. The van der Waals surface area contributed by atoms with Crippen molar-refractivity contribution in [3.63, 3.8) is 0 Å². The Kier molecular flexibility index (Phi) is 6.17. The third kappa shape index (κ3) is 4.90. The number of aryl methyl sites for hydroxylation is 1. The molecule has 1 unspecified atom stereocenters. The number of primary sulfonamides is 1. The Morgan fingerprint density at radius 3 is 2.42 bits per heavy atom. The molecule has 26 heavy (non-hydrogen) atoms. The minimum atomic E-state index is -3.90. The summed E-state index contributed by atoms with van der Waals surface area (Å²) >= 11 is 1.28. The number of hydrogen-bond donors (Lipinski definition) is 3. The van der Waals surface area contributed by atoms with Crippen LogP contribution in [-0.2, 0) is 14.8 Å². The number of rotatable bonds is 6. The van der Waals surface area contributed by atoms with Gasteiger partial charge in [0, 0.05) is 5.69 Å². The van der Waals surface area contributed by atoms with Crippen molar-refractivity contribution in [1.82, 2.24) is 5.32 Å². The molecule has 2 amide bonds. The van der Waals surface area contributed by atoms with E-state index in [1.54, 1.807) is 36.6 Å². The molecule has 0 spiro atoms. The van der Waals surface area contributed by atoms with Crippen molar-refractivity contribution in [1.29, 1.82) is 0 Å². The van der Waals surface area contributed by atoms with Crippen LogP contribution in [0.4, 0.5) is 5.69 Å². The molecular formula is C17H21N3O4S2. The normalized spacial score (nSPS) is 12.7. The van der Waals surface area contributed by atoms with Gasteiger partial charge in [-0.2, -0.15) is 0 Å². The van der Waals surface area contributed by atoms with Gasteiger partial charge in [-0.3, -0.25) is 9.59 Å². The van der Waals surface area contributed by atoms with E-state index >= 15 is 0 Å². The number of nitrogens with two attached hydrogens (primary N) is 1. The van der Waals surface area contributed by atoms with Crippen molar-refractivity contribution in [2.45, 2.75) is 31.7 Å². The van der Waals surface area contributed by atoms with Gasteiger partial charge in [-0.05, 0) is 42.0 Å². The van der Waals surface area contributed by atoms with Crippen molar-refractivity contribution < 1.29 is 18.0 Å². The Morgan fingerprint density at radius 1 is 1.19 bits per heavy atom. The van der Waals surface area contributed by atoms with Crippen LogP contribution in [0.15, 0.2) is 40.6 Å². The van der Waals surface area contributed by atoms with Crippen LogP contribution >= 0.6 is 11.3 Å². The van der Waals surface area contributed by atoms with Gasteiger partial charge in [-0.1, -0.05) is 26.0 Å². The van der Waals surface area contributed by atoms with E-state index in [0.717, 1.165) is 0 Å². The molecule has 0 bridgehead atoms. The fourth-order valence-corrected chi connectivity index (χ4v) is 3.79. The Balaban J connectivity index is 2.19. The molecule has 4 N–H and O–H groups in total. The molecule has 2 rings (SSSR count).